The van der Waals surface area contributed by atoms with Crippen LogP contribution in [0.1, 0.15) is 35.6 Å². The first kappa shape index (κ1) is 11.6. The lowest BCUT2D eigenvalue weighted by Gasteiger charge is -2.36. The van der Waals surface area contributed by atoms with Gasteiger partial charge in [-0.3, -0.25) is 0 Å². The number of aryl methyl sites for hydroxylation is 1. The fraction of sp³-hybridized carbons (Fsp3) is 0.769. The first-order chi connectivity index (χ1) is 8.22. The molecule has 2 atom stereocenters. The van der Waals surface area contributed by atoms with Crippen LogP contribution in [0.15, 0.2) is 6.20 Å². The fourth-order valence-electron chi connectivity index (χ4n) is 3.31. The van der Waals surface area contributed by atoms with Crippen LogP contribution in [-0.2, 0) is 6.54 Å². The minimum atomic E-state index is 0.714. The van der Waals surface area contributed by atoms with Gasteiger partial charge in [0.15, 0.2) is 0 Å². The number of nitrogens with one attached hydrogen (secondary N) is 1. The Balaban J connectivity index is 1.54. The SMILES string of the molecule is Cc1ncc(CNC2CC3CCC(C2)N3C)s1. The molecule has 0 radical (unpaired) electrons. The van der Waals surface area contributed by atoms with Gasteiger partial charge in [0.2, 0.25) is 0 Å². The van der Waals surface area contributed by atoms with Gasteiger partial charge < -0.3 is 10.2 Å². The van der Waals surface area contributed by atoms with Crippen molar-refractivity contribution in [3.05, 3.63) is 16.1 Å². The number of nitrogens with zero attached hydrogens (tertiary/aromatic N) is 2. The van der Waals surface area contributed by atoms with Gasteiger partial charge in [0.05, 0.1) is 5.01 Å². The summed E-state index contributed by atoms with van der Waals surface area (Å²) in [6, 6.07) is 2.37. The van der Waals surface area contributed by atoms with E-state index in [-0.39, 0.29) is 0 Å². The van der Waals surface area contributed by atoms with Crippen molar-refractivity contribution in [3.8, 4) is 0 Å². The molecule has 94 valence electrons. The highest BCUT2D eigenvalue weighted by molar-refractivity contribution is 7.11. The summed E-state index contributed by atoms with van der Waals surface area (Å²) in [6.07, 6.45) is 7.46. The number of rotatable bonds is 3. The molecule has 2 bridgehead atoms. The molecule has 3 nitrogen and oxygen atoms in total. The summed E-state index contributed by atoms with van der Waals surface area (Å²) in [7, 11) is 2.30. The highest BCUT2D eigenvalue weighted by atomic mass is 32.1. The predicted octanol–water partition coefficient (Wildman–Crippen LogP) is 2.17. The molecule has 3 rings (SSSR count). The Labute approximate surface area is 107 Å². The quantitative estimate of drug-likeness (QED) is 0.892. The Kier molecular flexibility index (Phi) is 3.19. The minimum Gasteiger partial charge on any atom is -0.309 e. The zero-order valence-electron chi connectivity index (χ0n) is 10.6. The third kappa shape index (κ3) is 2.39. The van der Waals surface area contributed by atoms with Crippen molar-refractivity contribution in [2.45, 2.75) is 57.3 Å². The van der Waals surface area contributed by atoms with Gasteiger partial charge in [-0.15, -0.1) is 11.3 Å². The molecule has 1 aromatic heterocycles. The van der Waals surface area contributed by atoms with Crippen molar-refractivity contribution < 1.29 is 0 Å². The number of thiazole rings is 1. The van der Waals surface area contributed by atoms with Crippen LogP contribution in [0.3, 0.4) is 0 Å². The normalized spacial score (nSPS) is 33.2. The van der Waals surface area contributed by atoms with Crippen molar-refractivity contribution in [1.82, 2.24) is 15.2 Å². The summed E-state index contributed by atoms with van der Waals surface area (Å²) in [6.45, 7) is 3.07. The molecule has 3 heterocycles. The van der Waals surface area contributed by atoms with Gasteiger partial charge in [-0.1, -0.05) is 0 Å². The van der Waals surface area contributed by atoms with Crippen LogP contribution in [-0.4, -0.2) is 35.1 Å². The van der Waals surface area contributed by atoms with Crippen molar-refractivity contribution in [2.24, 2.45) is 0 Å². The number of piperidine rings is 1. The summed E-state index contributed by atoms with van der Waals surface area (Å²) in [5.41, 5.74) is 0. The lowest BCUT2D eigenvalue weighted by atomic mass is 9.98. The Morgan fingerprint density at radius 1 is 1.41 bits per heavy atom. The molecule has 2 unspecified atom stereocenters. The zero-order chi connectivity index (χ0) is 11.8. The first-order valence-corrected chi connectivity index (χ1v) is 7.40. The van der Waals surface area contributed by atoms with Crippen LogP contribution in [0.25, 0.3) is 0 Å². The monoisotopic (exact) mass is 251 g/mol. The van der Waals surface area contributed by atoms with Gasteiger partial charge in [-0.2, -0.15) is 0 Å². The van der Waals surface area contributed by atoms with E-state index >= 15 is 0 Å². The number of aromatic nitrogens is 1. The van der Waals surface area contributed by atoms with E-state index in [4.69, 9.17) is 0 Å². The Morgan fingerprint density at radius 3 is 2.71 bits per heavy atom. The molecule has 4 heteroatoms. The lowest BCUT2D eigenvalue weighted by molar-refractivity contribution is 0.148. The molecule has 2 fully saturated rings. The molecule has 1 aromatic rings. The van der Waals surface area contributed by atoms with Gasteiger partial charge in [-0.25, -0.2) is 4.98 Å². The van der Waals surface area contributed by atoms with Gasteiger partial charge in [-0.05, 0) is 39.7 Å². The molecule has 2 aliphatic rings. The molecule has 2 saturated heterocycles. The van der Waals surface area contributed by atoms with E-state index in [1.54, 1.807) is 0 Å². The first-order valence-electron chi connectivity index (χ1n) is 6.59. The van der Waals surface area contributed by atoms with E-state index in [2.05, 4.69) is 29.2 Å². The smallest absolute Gasteiger partial charge is 0.0897 e. The highest BCUT2D eigenvalue weighted by Gasteiger charge is 2.37. The molecular formula is C13H21N3S. The standard InChI is InChI=1S/C13H21N3S/c1-9-14-7-13(17-9)8-15-10-5-11-3-4-12(6-10)16(11)2/h7,10-12,15H,3-6,8H2,1-2H3. The Hall–Kier alpha value is -0.450. The second-order valence-electron chi connectivity index (χ2n) is 5.45. The molecule has 0 saturated carbocycles. The second kappa shape index (κ2) is 4.67. The predicted molar refractivity (Wildman–Crippen MR) is 71.3 cm³/mol. The van der Waals surface area contributed by atoms with Crippen molar-refractivity contribution in [3.63, 3.8) is 0 Å². The van der Waals surface area contributed by atoms with Crippen LogP contribution in [0.4, 0.5) is 0 Å². The molecular weight excluding hydrogens is 230 g/mol. The fourth-order valence-corrected chi connectivity index (χ4v) is 4.06. The third-order valence-corrected chi connectivity index (χ3v) is 5.25. The summed E-state index contributed by atoms with van der Waals surface area (Å²) in [5, 5.41) is 4.89. The molecule has 2 aliphatic heterocycles. The van der Waals surface area contributed by atoms with E-state index < -0.39 is 0 Å². The molecule has 0 aromatic carbocycles. The molecule has 17 heavy (non-hydrogen) atoms. The lowest BCUT2D eigenvalue weighted by Crippen LogP contribution is -2.46. The molecule has 1 N–H and O–H groups in total. The van der Waals surface area contributed by atoms with E-state index in [0.717, 1.165) is 18.6 Å². The maximum absolute atomic E-state index is 4.30. The van der Waals surface area contributed by atoms with Crippen LogP contribution in [0, 0.1) is 6.92 Å². The van der Waals surface area contributed by atoms with Gasteiger partial charge in [0, 0.05) is 35.7 Å². The Morgan fingerprint density at radius 2 is 2.12 bits per heavy atom. The Bertz CT molecular complexity index is 376. The van der Waals surface area contributed by atoms with Crippen molar-refractivity contribution in [2.75, 3.05) is 7.05 Å². The maximum atomic E-state index is 4.30. The topological polar surface area (TPSA) is 28.2 Å². The second-order valence-corrected chi connectivity index (χ2v) is 6.76. The third-order valence-electron chi connectivity index (χ3n) is 4.33. The minimum absolute atomic E-state index is 0.714. The van der Waals surface area contributed by atoms with Crippen molar-refractivity contribution >= 4 is 11.3 Å². The van der Waals surface area contributed by atoms with E-state index in [1.807, 2.05) is 17.5 Å². The summed E-state index contributed by atoms with van der Waals surface area (Å²) >= 11 is 1.81. The number of hydrogen-bond acceptors (Lipinski definition) is 4. The van der Waals surface area contributed by atoms with Gasteiger partial charge >= 0.3 is 0 Å². The molecule has 0 spiro atoms. The average Bonchev–Trinajstić information content (AvgIpc) is 2.78. The molecule has 0 aliphatic carbocycles. The van der Waals surface area contributed by atoms with Crippen LogP contribution in [0.5, 0.6) is 0 Å². The summed E-state index contributed by atoms with van der Waals surface area (Å²) in [5.74, 6) is 0. The van der Waals surface area contributed by atoms with Gasteiger partial charge in [0.25, 0.3) is 0 Å². The van der Waals surface area contributed by atoms with Crippen LogP contribution < -0.4 is 5.32 Å². The number of hydrogen-bond donors (Lipinski definition) is 1. The van der Waals surface area contributed by atoms with Gasteiger partial charge in [0.1, 0.15) is 0 Å². The van der Waals surface area contributed by atoms with Crippen LogP contribution in [0.2, 0.25) is 0 Å². The average molecular weight is 251 g/mol. The molecule has 0 amide bonds. The maximum Gasteiger partial charge on any atom is 0.0897 e. The van der Waals surface area contributed by atoms with E-state index in [1.165, 1.54) is 35.6 Å². The largest absolute Gasteiger partial charge is 0.309 e. The zero-order valence-corrected chi connectivity index (χ0v) is 11.5. The van der Waals surface area contributed by atoms with E-state index in [9.17, 15) is 0 Å². The van der Waals surface area contributed by atoms with Crippen molar-refractivity contribution in [1.29, 1.82) is 0 Å². The summed E-state index contributed by atoms with van der Waals surface area (Å²) in [4.78, 5) is 8.27. The number of fused-ring (bicyclic) bond motifs is 2. The van der Waals surface area contributed by atoms with E-state index in [0.29, 0.717) is 6.04 Å². The highest BCUT2D eigenvalue weighted by Crippen LogP contribution is 2.34. The summed E-state index contributed by atoms with van der Waals surface area (Å²) < 4.78 is 0. The van der Waals surface area contributed by atoms with Crippen LogP contribution >= 0.6 is 11.3 Å².